The predicted molar refractivity (Wildman–Crippen MR) is 112 cm³/mol. The van der Waals surface area contributed by atoms with Crippen molar-refractivity contribution in [2.45, 2.75) is 12.6 Å². The van der Waals surface area contributed by atoms with E-state index in [1.807, 2.05) is 78.9 Å². The molecule has 0 aliphatic heterocycles. The molecule has 5 heteroatoms. The minimum atomic E-state index is -0.305. The SMILES string of the molecule is COCCN(Cc1ccccn1)C(=O)COC(c1ccccc1)c1ccccc1. The highest BCUT2D eigenvalue weighted by Crippen LogP contribution is 2.25. The summed E-state index contributed by atoms with van der Waals surface area (Å²) in [6, 6.07) is 25.6. The maximum Gasteiger partial charge on any atom is 0.249 e. The lowest BCUT2D eigenvalue weighted by Gasteiger charge is -2.24. The molecular formula is C24H26N2O3. The van der Waals surface area contributed by atoms with Gasteiger partial charge >= 0.3 is 0 Å². The van der Waals surface area contributed by atoms with Crippen LogP contribution in [-0.4, -0.2) is 42.7 Å². The smallest absolute Gasteiger partial charge is 0.249 e. The van der Waals surface area contributed by atoms with Crippen molar-refractivity contribution >= 4 is 5.91 Å². The Balaban J connectivity index is 1.71. The molecular weight excluding hydrogens is 364 g/mol. The molecule has 0 radical (unpaired) electrons. The fourth-order valence-electron chi connectivity index (χ4n) is 3.07. The number of rotatable bonds is 10. The summed E-state index contributed by atoms with van der Waals surface area (Å²) in [4.78, 5) is 19.0. The third-order valence-electron chi connectivity index (χ3n) is 4.58. The van der Waals surface area contributed by atoms with Gasteiger partial charge in [-0.3, -0.25) is 9.78 Å². The summed E-state index contributed by atoms with van der Waals surface area (Å²) in [6.07, 6.45) is 1.42. The lowest BCUT2D eigenvalue weighted by atomic mass is 10.0. The summed E-state index contributed by atoms with van der Waals surface area (Å²) in [5.41, 5.74) is 2.86. The van der Waals surface area contributed by atoms with Crippen molar-refractivity contribution in [1.82, 2.24) is 9.88 Å². The molecule has 1 heterocycles. The Morgan fingerprint density at radius 2 is 1.55 bits per heavy atom. The number of hydrogen-bond acceptors (Lipinski definition) is 4. The van der Waals surface area contributed by atoms with E-state index in [9.17, 15) is 4.79 Å². The molecule has 0 saturated heterocycles. The average molecular weight is 390 g/mol. The molecule has 2 aromatic carbocycles. The Kier molecular flexibility index (Phi) is 7.92. The Labute approximate surface area is 171 Å². The number of aromatic nitrogens is 1. The van der Waals surface area contributed by atoms with Gasteiger partial charge in [-0.25, -0.2) is 0 Å². The fourth-order valence-corrected chi connectivity index (χ4v) is 3.07. The van der Waals surface area contributed by atoms with Crippen molar-refractivity contribution in [2.75, 3.05) is 26.9 Å². The summed E-state index contributed by atoms with van der Waals surface area (Å²) in [6.45, 7) is 1.34. The van der Waals surface area contributed by atoms with Crippen LogP contribution >= 0.6 is 0 Å². The average Bonchev–Trinajstić information content (AvgIpc) is 2.79. The Bertz CT molecular complexity index is 818. The maximum atomic E-state index is 12.9. The van der Waals surface area contributed by atoms with Crippen LogP contribution in [0.25, 0.3) is 0 Å². The first kappa shape index (κ1) is 20.7. The number of amides is 1. The van der Waals surface area contributed by atoms with Crippen molar-refractivity contribution in [3.63, 3.8) is 0 Å². The van der Waals surface area contributed by atoms with Gasteiger partial charge in [-0.1, -0.05) is 66.7 Å². The first-order valence-corrected chi connectivity index (χ1v) is 9.66. The summed E-state index contributed by atoms with van der Waals surface area (Å²) >= 11 is 0. The van der Waals surface area contributed by atoms with Crippen LogP contribution in [0.3, 0.4) is 0 Å². The van der Waals surface area contributed by atoms with Crippen LogP contribution in [-0.2, 0) is 20.8 Å². The van der Waals surface area contributed by atoms with E-state index in [0.717, 1.165) is 16.8 Å². The molecule has 0 atom stereocenters. The van der Waals surface area contributed by atoms with Crippen molar-refractivity contribution < 1.29 is 14.3 Å². The Morgan fingerprint density at radius 3 is 2.10 bits per heavy atom. The second-order valence-corrected chi connectivity index (χ2v) is 6.64. The summed E-state index contributed by atoms with van der Waals surface area (Å²) < 4.78 is 11.3. The van der Waals surface area contributed by atoms with Crippen molar-refractivity contribution in [2.24, 2.45) is 0 Å². The number of benzene rings is 2. The second-order valence-electron chi connectivity index (χ2n) is 6.64. The first-order chi connectivity index (χ1) is 14.3. The molecule has 0 saturated carbocycles. The number of carbonyl (C=O) groups excluding carboxylic acids is 1. The molecule has 3 aromatic rings. The number of hydrogen-bond donors (Lipinski definition) is 0. The number of ether oxygens (including phenoxy) is 2. The molecule has 0 aliphatic carbocycles. The first-order valence-electron chi connectivity index (χ1n) is 9.66. The summed E-state index contributed by atoms with van der Waals surface area (Å²) in [7, 11) is 1.63. The maximum absolute atomic E-state index is 12.9. The van der Waals surface area contributed by atoms with Gasteiger partial charge in [-0.15, -0.1) is 0 Å². The van der Waals surface area contributed by atoms with Crippen LogP contribution in [0.5, 0.6) is 0 Å². The molecule has 0 aliphatic rings. The fraction of sp³-hybridized carbons (Fsp3) is 0.250. The summed E-state index contributed by atoms with van der Waals surface area (Å²) in [5.74, 6) is -0.0930. The van der Waals surface area contributed by atoms with E-state index in [-0.39, 0.29) is 18.6 Å². The van der Waals surface area contributed by atoms with Gasteiger partial charge in [0.05, 0.1) is 18.8 Å². The lowest BCUT2D eigenvalue weighted by molar-refractivity contribution is -0.138. The van der Waals surface area contributed by atoms with E-state index < -0.39 is 0 Å². The highest BCUT2D eigenvalue weighted by Gasteiger charge is 2.20. The number of nitrogens with zero attached hydrogens (tertiary/aromatic N) is 2. The van der Waals surface area contributed by atoms with Gasteiger partial charge in [0.15, 0.2) is 0 Å². The largest absolute Gasteiger partial charge is 0.383 e. The highest BCUT2D eigenvalue weighted by atomic mass is 16.5. The summed E-state index contributed by atoms with van der Waals surface area (Å²) in [5, 5.41) is 0. The molecule has 29 heavy (non-hydrogen) atoms. The van der Waals surface area contributed by atoms with E-state index in [1.54, 1.807) is 18.2 Å². The van der Waals surface area contributed by atoms with Crippen molar-refractivity contribution in [3.05, 3.63) is 102 Å². The minimum Gasteiger partial charge on any atom is -0.383 e. The zero-order chi connectivity index (χ0) is 20.3. The van der Waals surface area contributed by atoms with Crippen molar-refractivity contribution in [3.8, 4) is 0 Å². The molecule has 1 amide bonds. The predicted octanol–water partition coefficient (Wildman–Crippen LogP) is 3.86. The second kappa shape index (κ2) is 11.1. The molecule has 0 bridgehead atoms. The number of pyridine rings is 1. The minimum absolute atomic E-state index is 0.0228. The van der Waals surface area contributed by atoms with Crippen LogP contribution in [0.1, 0.15) is 22.9 Å². The van der Waals surface area contributed by atoms with Gasteiger partial charge in [-0.2, -0.15) is 0 Å². The van der Waals surface area contributed by atoms with Gasteiger partial charge in [0.25, 0.3) is 0 Å². The molecule has 1 aromatic heterocycles. The standard InChI is InChI=1S/C24H26N2O3/c1-28-17-16-26(18-22-14-8-9-15-25-22)23(27)19-29-24(20-10-4-2-5-11-20)21-12-6-3-7-13-21/h2-15,24H,16-19H2,1H3. The van der Waals surface area contributed by atoms with Gasteiger partial charge < -0.3 is 14.4 Å². The normalized spacial score (nSPS) is 10.8. The topological polar surface area (TPSA) is 51.7 Å². The lowest BCUT2D eigenvalue weighted by Crippen LogP contribution is -2.36. The van der Waals surface area contributed by atoms with Gasteiger partial charge in [0.2, 0.25) is 5.91 Å². The van der Waals surface area contributed by atoms with Gasteiger partial charge in [0.1, 0.15) is 12.7 Å². The zero-order valence-corrected chi connectivity index (χ0v) is 16.6. The van der Waals surface area contributed by atoms with Crippen LogP contribution in [0.2, 0.25) is 0 Å². The molecule has 0 spiro atoms. The third-order valence-corrected chi connectivity index (χ3v) is 4.58. The monoisotopic (exact) mass is 390 g/mol. The third kappa shape index (κ3) is 6.24. The molecule has 0 N–H and O–H groups in total. The molecule has 0 unspecified atom stereocenters. The van der Waals surface area contributed by atoms with Gasteiger partial charge in [-0.05, 0) is 23.3 Å². The van der Waals surface area contributed by atoms with Crippen LogP contribution in [0.15, 0.2) is 85.1 Å². The Morgan fingerprint density at radius 1 is 0.931 bits per heavy atom. The van der Waals surface area contributed by atoms with Gasteiger partial charge in [0, 0.05) is 19.9 Å². The van der Waals surface area contributed by atoms with Crippen molar-refractivity contribution in [1.29, 1.82) is 0 Å². The van der Waals surface area contributed by atoms with Crippen LogP contribution in [0.4, 0.5) is 0 Å². The number of methoxy groups -OCH3 is 1. The van der Waals surface area contributed by atoms with E-state index in [1.165, 1.54) is 0 Å². The van der Waals surface area contributed by atoms with E-state index in [2.05, 4.69) is 4.98 Å². The molecule has 5 nitrogen and oxygen atoms in total. The van der Waals surface area contributed by atoms with Crippen LogP contribution < -0.4 is 0 Å². The molecule has 0 fully saturated rings. The van der Waals surface area contributed by atoms with E-state index in [4.69, 9.17) is 9.47 Å². The van der Waals surface area contributed by atoms with E-state index >= 15 is 0 Å². The quantitative estimate of drug-likeness (QED) is 0.527. The molecule has 3 rings (SSSR count). The molecule has 150 valence electrons. The van der Waals surface area contributed by atoms with Crippen LogP contribution in [0, 0.1) is 0 Å². The number of carbonyl (C=O) groups is 1. The van der Waals surface area contributed by atoms with E-state index in [0.29, 0.717) is 19.7 Å². The highest BCUT2D eigenvalue weighted by molar-refractivity contribution is 5.77. The zero-order valence-electron chi connectivity index (χ0n) is 16.6. The Hall–Kier alpha value is -3.02.